The number of amides is 1. The second kappa shape index (κ2) is 10.3. The smallest absolute Gasteiger partial charge is 0.326 e. The first kappa shape index (κ1) is 23.8. The van der Waals surface area contributed by atoms with Crippen LogP contribution in [0.1, 0.15) is 38.4 Å². The lowest BCUT2D eigenvalue weighted by Crippen LogP contribution is -2.42. The van der Waals surface area contributed by atoms with Crippen LogP contribution in [0, 0.1) is 20.8 Å². The van der Waals surface area contributed by atoms with E-state index >= 15 is 0 Å². The molecule has 180 valence electrons. The molecule has 8 heteroatoms. The maximum absolute atomic E-state index is 12.9. The van der Waals surface area contributed by atoms with Crippen LogP contribution < -0.4 is 10.6 Å². The molecule has 0 aliphatic carbocycles. The van der Waals surface area contributed by atoms with Gasteiger partial charge in [0.05, 0.1) is 12.8 Å². The standard InChI is InChI=1S/C27H28N4O4/c1-16-10-17(2)24(18(3)11-16)25(32)31-23(26(33)34)12-19-4-6-20(7-5-19)21-13-22(35-15-21)14-30-27-28-8-9-29-27/h4-11,13,15,23H,12,14H2,1-3H3,(H,31,32)(H,33,34)(H2,28,29,30). The molecule has 2 heterocycles. The lowest BCUT2D eigenvalue weighted by molar-refractivity contribution is -0.139. The van der Waals surface area contributed by atoms with Crippen LogP contribution >= 0.6 is 0 Å². The molecule has 4 aromatic rings. The van der Waals surface area contributed by atoms with Gasteiger partial charge in [-0.2, -0.15) is 0 Å². The zero-order valence-corrected chi connectivity index (χ0v) is 19.9. The van der Waals surface area contributed by atoms with Crippen molar-refractivity contribution in [2.75, 3.05) is 5.32 Å². The molecule has 2 aromatic heterocycles. The fourth-order valence-electron chi connectivity index (χ4n) is 4.20. The topological polar surface area (TPSA) is 120 Å². The van der Waals surface area contributed by atoms with Crippen LogP contribution in [-0.4, -0.2) is 33.0 Å². The molecule has 0 fully saturated rings. The highest BCUT2D eigenvalue weighted by Gasteiger charge is 2.23. The molecule has 0 bridgehead atoms. The van der Waals surface area contributed by atoms with Crippen molar-refractivity contribution in [1.82, 2.24) is 15.3 Å². The number of rotatable bonds is 9. The van der Waals surface area contributed by atoms with Crippen molar-refractivity contribution in [3.8, 4) is 11.1 Å². The van der Waals surface area contributed by atoms with Crippen LogP contribution in [0.15, 0.2) is 65.5 Å². The Kier molecular flexibility index (Phi) is 7.01. The predicted octanol–water partition coefficient (Wildman–Crippen LogP) is 4.63. The van der Waals surface area contributed by atoms with E-state index in [1.807, 2.05) is 63.2 Å². The van der Waals surface area contributed by atoms with Gasteiger partial charge in [0.2, 0.25) is 0 Å². The van der Waals surface area contributed by atoms with Gasteiger partial charge in [0.25, 0.3) is 5.91 Å². The number of nitrogens with zero attached hydrogens (tertiary/aromatic N) is 1. The molecule has 1 unspecified atom stereocenters. The maximum atomic E-state index is 12.9. The highest BCUT2D eigenvalue weighted by Crippen LogP contribution is 2.24. The minimum atomic E-state index is -1.08. The molecule has 35 heavy (non-hydrogen) atoms. The summed E-state index contributed by atoms with van der Waals surface area (Å²) in [7, 11) is 0. The molecule has 4 N–H and O–H groups in total. The molecule has 0 spiro atoms. The van der Waals surface area contributed by atoms with E-state index in [4.69, 9.17) is 4.42 Å². The maximum Gasteiger partial charge on any atom is 0.326 e. The molecule has 0 aliphatic heterocycles. The second-order valence-corrected chi connectivity index (χ2v) is 8.63. The predicted molar refractivity (Wildman–Crippen MR) is 133 cm³/mol. The second-order valence-electron chi connectivity index (χ2n) is 8.63. The average Bonchev–Trinajstić information content (AvgIpc) is 3.49. The Balaban J connectivity index is 1.41. The molecule has 1 amide bonds. The number of carbonyl (C=O) groups is 2. The number of furan rings is 1. The van der Waals surface area contributed by atoms with Crippen LogP contribution in [-0.2, 0) is 17.8 Å². The van der Waals surface area contributed by atoms with Crippen LogP contribution in [0.4, 0.5) is 5.95 Å². The molecule has 2 aromatic carbocycles. The number of carbonyl (C=O) groups excluding carboxylic acids is 1. The van der Waals surface area contributed by atoms with Gasteiger partial charge in [-0.25, -0.2) is 9.78 Å². The van der Waals surface area contributed by atoms with E-state index in [9.17, 15) is 14.7 Å². The number of aromatic nitrogens is 2. The summed E-state index contributed by atoms with van der Waals surface area (Å²) in [5.74, 6) is -0.0256. The zero-order chi connectivity index (χ0) is 24.9. The monoisotopic (exact) mass is 472 g/mol. The van der Waals surface area contributed by atoms with Crippen molar-refractivity contribution in [2.45, 2.75) is 39.8 Å². The van der Waals surface area contributed by atoms with Gasteiger partial charge in [0.1, 0.15) is 11.8 Å². The Hall–Kier alpha value is -4.33. The van der Waals surface area contributed by atoms with E-state index in [1.165, 1.54) is 0 Å². The van der Waals surface area contributed by atoms with Crippen molar-refractivity contribution in [3.05, 3.63) is 94.7 Å². The molecule has 1 atom stereocenters. The number of anilines is 1. The largest absolute Gasteiger partial charge is 0.480 e. The van der Waals surface area contributed by atoms with E-state index in [1.54, 1.807) is 18.7 Å². The highest BCUT2D eigenvalue weighted by molar-refractivity contribution is 5.99. The van der Waals surface area contributed by atoms with Gasteiger partial charge in [-0.15, -0.1) is 0 Å². The molecular formula is C27H28N4O4. The molecule has 0 aliphatic rings. The van der Waals surface area contributed by atoms with Crippen LogP contribution in [0.25, 0.3) is 11.1 Å². The van der Waals surface area contributed by atoms with Crippen molar-refractivity contribution >= 4 is 17.8 Å². The van der Waals surface area contributed by atoms with Crippen molar-refractivity contribution < 1.29 is 19.1 Å². The summed E-state index contributed by atoms with van der Waals surface area (Å²) in [6.45, 7) is 6.18. The minimum Gasteiger partial charge on any atom is -0.480 e. The van der Waals surface area contributed by atoms with Gasteiger partial charge >= 0.3 is 5.97 Å². The van der Waals surface area contributed by atoms with Gasteiger partial charge in [-0.1, -0.05) is 42.0 Å². The van der Waals surface area contributed by atoms with Crippen LogP contribution in [0.5, 0.6) is 0 Å². The van der Waals surface area contributed by atoms with Gasteiger partial charge in [0.15, 0.2) is 5.95 Å². The minimum absolute atomic E-state index is 0.176. The number of aliphatic carboxylic acids is 1. The molecular weight excluding hydrogens is 444 g/mol. The van der Waals surface area contributed by atoms with Crippen LogP contribution in [0.2, 0.25) is 0 Å². The Morgan fingerprint density at radius 1 is 1.06 bits per heavy atom. The van der Waals surface area contributed by atoms with Crippen molar-refractivity contribution in [3.63, 3.8) is 0 Å². The Morgan fingerprint density at radius 2 is 1.77 bits per heavy atom. The molecule has 0 saturated carbocycles. The third-order valence-corrected chi connectivity index (χ3v) is 5.82. The number of aryl methyl sites for hydroxylation is 3. The Labute approximate surface area is 203 Å². The van der Waals surface area contributed by atoms with Gasteiger partial charge in [-0.3, -0.25) is 4.79 Å². The SMILES string of the molecule is Cc1cc(C)c(C(=O)NC(Cc2ccc(-c3coc(CNc4ncc[nH]4)c3)cc2)C(=O)O)c(C)c1. The van der Waals surface area contributed by atoms with E-state index in [0.29, 0.717) is 18.1 Å². The number of aromatic amines is 1. The Morgan fingerprint density at radius 3 is 2.40 bits per heavy atom. The lowest BCUT2D eigenvalue weighted by Gasteiger charge is -2.17. The first-order chi connectivity index (χ1) is 16.8. The van der Waals surface area contributed by atoms with Crippen molar-refractivity contribution in [2.24, 2.45) is 0 Å². The summed E-state index contributed by atoms with van der Waals surface area (Å²) in [5, 5.41) is 15.6. The van der Waals surface area contributed by atoms with Gasteiger partial charge in [-0.05, 0) is 49.1 Å². The Bertz CT molecular complexity index is 1300. The highest BCUT2D eigenvalue weighted by atomic mass is 16.4. The summed E-state index contributed by atoms with van der Waals surface area (Å²) in [6.07, 6.45) is 5.26. The number of H-pyrrole nitrogens is 1. The molecule has 8 nitrogen and oxygen atoms in total. The summed E-state index contributed by atoms with van der Waals surface area (Å²) in [5.41, 5.74) is 5.91. The molecule has 0 radical (unpaired) electrons. The van der Waals surface area contributed by atoms with Crippen molar-refractivity contribution in [1.29, 1.82) is 0 Å². The fourth-order valence-corrected chi connectivity index (χ4v) is 4.20. The summed E-state index contributed by atoms with van der Waals surface area (Å²) in [6, 6.07) is 12.3. The number of carboxylic acids is 1. The number of nitrogens with one attached hydrogen (secondary N) is 3. The summed E-state index contributed by atoms with van der Waals surface area (Å²) in [4.78, 5) is 31.9. The quantitative estimate of drug-likeness (QED) is 0.282. The summed E-state index contributed by atoms with van der Waals surface area (Å²) >= 11 is 0. The number of hydrogen-bond acceptors (Lipinski definition) is 5. The first-order valence-electron chi connectivity index (χ1n) is 11.3. The van der Waals surface area contributed by atoms with E-state index in [0.717, 1.165) is 39.1 Å². The number of carboxylic acid groups (broad SMARTS) is 1. The fraction of sp³-hybridized carbons (Fsp3) is 0.222. The number of benzene rings is 2. The number of hydrogen-bond donors (Lipinski definition) is 4. The first-order valence-corrected chi connectivity index (χ1v) is 11.3. The zero-order valence-electron chi connectivity index (χ0n) is 19.9. The van der Waals surface area contributed by atoms with E-state index in [2.05, 4.69) is 20.6 Å². The molecule has 0 saturated heterocycles. The normalized spacial score (nSPS) is 11.7. The summed E-state index contributed by atoms with van der Waals surface area (Å²) < 4.78 is 5.63. The third-order valence-electron chi connectivity index (χ3n) is 5.82. The third kappa shape index (κ3) is 5.78. The molecule has 4 rings (SSSR count). The van der Waals surface area contributed by atoms with Gasteiger partial charge < -0.3 is 25.1 Å². The van der Waals surface area contributed by atoms with Gasteiger partial charge in [0, 0.05) is 29.9 Å². The van der Waals surface area contributed by atoms with Crippen LogP contribution in [0.3, 0.4) is 0 Å². The lowest BCUT2D eigenvalue weighted by atomic mass is 9.98. The van der Waals surface area contributed by atoms with E-state index < -0.39 is 12.0 Å². The van der Waals surface area contributed by atoms with E-state index in [-0.39, 0.29) is 12.3 Å². The number of imidazole rings is 1. The average molecular weight is 473 g/mol.